The van der Waals surface area contributed by atoms with Crippen molar-refractivity contribution in [2.45, 2.75) is 25.7 Å². The van der Waals surface area contributed by atoms with Crippen LogP contribution >= 0.6 is 0 Å². The van der Waals surface area contributed by atoms with Gasteiger partial charge in [0.25, 0.3) is 5.91 Å². The number of carbonyl (C=O) groups is 1. The van der Waals surface area contributed by atoms with Gasteiger partial charge in [0, 0.05) is 37.0 Å². The number of likely N-dealkylation sites (tertiary alicyclic amines) is 1. The van der Waals surface area contributed by atoms with Gasteiger partial charge in [-0.2, -0.15) is 5.10 Å². The summed E-state index contributed by atoms with van der Waals surface area (Å²) in [7, 11) is 0. The van der Waals surface area contributed by atoms with Crippen LogP contribution in [0, 0.1) is 6.92 Å². The summed E-state index contributed by atoms with van der Waals surface area (Å²) in [6.45, 7) is 3.38. The Balaban J connectivity index is 1.37. The number of benzene rings is 2. The maximum atomic E-state index is 14.0. The smallest absolute Gasteiger partial charge is 0.257 e. The summed E-state index contributed by atoms with van der Waals surface area (Å²) < 4.78 is 3.84. The molecule has 0 unspecified atom stereocenters. The molecule has 2 aromatic carbocycles. The van der Waals surface area contributed by atoms with Crippen molar-refractivity contribution >= 4 is 11.6 Å². The molecule has 0 saturated carbocycles. The molecule has 1 atom stereocenters. The van der Waals surface area contributed by atoms with E-state index in [1.54, 1.807) is 0 Å². The van der Waals surface area contributed by atoms with E-state index in [2.05, 4.69) is 23.2 Å². The van der Waals surface area contributed by atoms with Gasteiger partial charge in [-0.05, 0) is 49.6 Å². The molecular formula is C28H26N6O. The van der Waals surface area contributed by atoms with E-state index >= 15 is 0 Å². The highest BCUT2D eigenvalue weighted by molar-refractivity contribution is 6.00. The van der Waals surface area contributed by atoms with Gasteiger partial charge in [-0.25, -0.2) is 4.68 Å². The minimum atomic E-state index is 0.00366. The zero-order valence-corrected chi connectivity index (χ0v) is 19.6. The predicted octanol–water partition coefficient (Wildman–Crippen LogP) is 4.91. The normalized spacial score (nSPS) is 16.0. The van der Waals surface area contributed by atoms with Gasteiger partial charge in [0.15, 0.2) is 5.65 Å². The Labute approximate surface area is 203 Å². The first-order valence-electron chi connectivity index (χ1n) is 12.0. The number of nitrogens with zero attached hydrogens (tertiary/aromatic N) is 6. The van der Waals surface area contributed by atoms with E-state index in [-0.39, 0.29) is 11.8 Å². The minimum Gasteiger partial charge on any atom is -0.338 e. The van der Waals surface area contributed by atoms with Crippen molar-refractivity contribution in [2.24, 2.45) is 0 Å². The average molecular weight is 463 g/mol. The Morgan fingerprint density at radius 1 is 0.943 bits per heavy atom. The predicted molar refractivity (Wildman–Crippen MR) is 135 cm³/mol. The number of para-hydroxylation sites is 1. The lowest BCUT2D eigenvalue weighted by atomic mass is 9.96. The number of fused-ring (bicyclic) bond motifs is 1. The molecule has 1 fully saturated rings. The second-order valence-electron chi connectivity index (χ2n) is 9.06. The van der Waals surface area contributed by atoms with Crippen LogP contribution in [0.2, 0.25) is 0 Å². The molecule has 4 heterocycles. The van der Waals surface area contributed by atoms with Gasteiger partial charge in [0.1, 0.15) is 11.5 Å². The van der Waals surface area contributed by atoms with Gasteiger partial charge >= 0.3 is 0 Å². The van der Waals surface area contributed by atoms with E-state index in [0.717, 1.165) is 47.7 Å². The number of amides is 1. The van der Waals surface area contributed by atoms with Crippen molar-refractivity contribution in [2.75, 3.05) is 13.1 Å². The number of piperidine rings is 1. The van der Waals surface area contributed by atoms with E-state index in [1.165, 1.54) is 0 Å². The molecule has 7 heteroatoms. The number of aromatic nitrogens is 5. The van der Waals surface area contributed by atoms with Gasteiger partial charge in [-0.15, -0.1) is 10.2 Å². The molecular weight excluding hydrogens is 436 g/mol. The van der Waals surface area contributed by atoms with Gasteiger partial charge in [-0.3, -0.25) is 9.20 Å². The highest BCUT2D eigenvalue weighted by Gasteiger charge is 2.31. The number of rotatable bonds is 4. The van der Waals surface area contributed by atoms with E-state index in [9.17, 15) is 4.79 Å². The van der Waals surface area contributed by atoms with Crippen molar-refractivity contribution in [3.05, 3.63) is 102 Å². The second-order valence-corrected chi connectivity index (χ2v) is 9.06. The first-order valence-corrected chi connectivity index (χ1v) is 12.0. The van der Waals surface area contributed by atoms with Gasteiger partial charge in [0.2, 0.25) is 0 Å². The quantitative estimate of drug-likeness (QED) is 0.381. The second kappa shape index (κ2) is 8.83. The van der Waals surface area contributed by atoms with Crippen LogP contribution in [-0.2, 0) is 0 Å². The Kier molecular flexibility index (Phi) is 5.37. The highest BCUT2D eigenvalue weighted by Crippen LogP contribution is 2.31. The summed E-state index contributed by atoms with van der Waals surface area (Å²) in [5.41, 5.74) is 5.15. The third-order valence-electron chi connectivity index (χ3n) is 6.78. The molecule has 3 aromatic heterocycles. The molecule has 5 aromatic rings. The Morgan fingerprint density at radius 2 is 1.74 bits per heavy atom. The summed E-state index contributed by atoms with van der Waals surface area (Å²) in [6, 6.07) is 23.9. The van der Waals surface area contributed by atoms with Gasteiger partial charge in [0.05, 0.1) is 11.3 Å². The zero-order chi connectivity index (χ0) is 23.8. The van der Waals surface area contributed by atoms with Gasteiger partial charge in [-0.1, -0.05) is 48.5 Å². The fraction of sp³-hybridized carbons (Fsp3) is 0.214. The molecule has 0 radical (unpaired) electrons. The van der Waals surface area contributed by atoms with Crippen LogP contribution in [0.5, 0.6) is 0 Å². The van der Waals surface area contributed by atoms with Gasteiger partial charge < -0.3 is 4.90 Å². The molecule has 6 rings (SSSR count). The number of pyridine rings is 1. The molecule has 35 heavy (non-hydrogen) atoms. The topological polar surface area (TPSA) is 68.3 Å². The molecule has 0 bridgehead atoms. The summed E-state index contributed by atoms with van der Waals surface area (Å²) in [5.74, 6) is 1.05. The SMILES string of the molecule is Cc1ccccc1-c1nn(-c2ccccc2)cc1C(=O)N1CCC[C@H](c2nnc3ccccn23)C1. The summed E-state index contributed by atoms with van der Waals surface area (Å²) in [6.07, 6.45) is 5.76. The fourth-order valence-electron chi connectivity index (χ4n) is 4.96. The first-order chi connectivity index (χ1) is 17.2. The van der Waals surface area contributed by atoms with E-state index in [0.29, 0.717) is 17.8 Å². The third-order valence-corrected chi connectivity index (χ3v) is 6.78. The standard InChI is InChI=1S/C28H26N6O/c1-20-10-5-6-14-23(20)26-24(19-34(31-26)22-12-3-2-4-13-22)28(35)32-16-9-11-21(18-32)27-30-29-25-15-7-8-17-33(25)27/h2-8,10,12-15,17,19,21H,9,11,16,18H2,1H3/t21-/m0/s1. The summed E-state index contributed by atoms with van der Waals surface area (Å²) in [5, 5.41) is 13.7. The van der Waals surface area contributed by atoms with Crippen LogP contribution in [0.4, 0.5) is 0 Å². The Morgan fingerprint density at radius 3 is 2.60 bits per heavy atom. The van der Waals surface area contributed by atoms with Crippen molar-refractivity contribution < 1.29 is 4.79 Å². The average Bonchev–Trinajstić information content (AvgIpc) is 3.54. The maximum absolute atomic E-state index is 14.0. The van der Waals surface area contributed by atoms with Crippen molar-refractivity contribution in [1.29, 1.82) is 0 Å². The molecule has 0 N–H and O–H groups in total. The summed E-state index contributed by atoms with van der Waals surface area (Å²) in [4.78, 5) is 15.9. The first kappa shape index (κ1) is 21.3. The Bertz CT molecular complexity index is 1500. The Hall–Kier alpha value is -4.26. The zero-order valence-electron chi connectivity index (χ0n) is 19.6. The molecule has 0 aliphatic carbocycles. The molecule has 1 aliphatic heterocycles. The lowest BCUT2D eigenvalue weighted by Gasteiger charge is -2.32. The third kappa shape index (κ3) is 3.89. The number of hydrogen-bond donors (Lipinski definition) is 0. The van der Waals surface area contributed by atoms with Crippen molar-refractivity contribution in [3.63, 3.8) is 0 Å². The number of carbonyl (C=O) groups excluding carboxylic acids is 1. The molecule has 1 saturated heterocycles. The van der Waals surface area contributed by atoms with E-state index in [1.807, 2.05) is 93.1 Å². The van der Waals surface area contributed by atoms with E-state index in [4.69, 9.17) is 5.10 Å². The molecule has 0 spiro atoms. The molecule has 1 amide bonds. The van der Waals surface area contributed by atoms with Crippen LogP contribution in [0.3, 0.4) is 0 Å². The largest absolute Gasteiger partial charge is 0.338 e. The highest BCUT2D eigenvalue weighted by atomic mass is 16.2. The molecule has 7 nitrogen and oxygen atoms in total. The minimum absolute atomic E-state index is 0.00366. The van der Waals surface area contributed by atoms with Crippen molar-refractivity contribution in [3.8, 4) is 16.9 Å². The number of hydrogen-bond acceptors (Lipinski definition) is 4. The maximum Gasteiger partial charge on any atom is 0.257 e. The van der Waals surface area contributed by atoms with Crippen LogP contribution < -0.4 is 0 Å². The summed E-state index contributed by atoms with van der Waals surface area (Å²) >= 11 is 0. The van der Waals surface area contributed by atoms with Crippen LogP contribution in [0.25, 0.3) is 22.6 Å². The van der Waals surface area contributed by atoms with Crippen molar-refractivity contribution in [1.82, 2.24) is 29.3 Å². The monoisotopic (exact) mass is 462 g/mol. The molecule has 174 valence electrons. The lowest BCUT2D eigenvalue weighted by Crippen LogP contribution is -2.39. The fourth-order valence-corrected chi connectivity index (χ4v) is 4.96. The van der Waals surface area contributed by atoms with Crippen LogP contribution in [0.1, 0.15) is 40.5 Å². The van der Waals surface area contributed by atoms with Crippen LogP contribution in [-0.4, -0.2) is 48.3 Å². The number of aryl methyl sites for hydroxylation is 1. The van der Waals surface area contributed by atoms with Crippen LogP contribution in [0.15, 0.2) is 85.2 Å². The van der Waals surface area contributed by atoms with E-state index < -0.39 is 0 Å². The lowest BCUT2D eigenvalue weighted by molar-refractivity contribution is 0.0705. The molecule has 1 aliphatic rings.